The van der Waals surface area contributed by atoms with Crippen LogP contribution in [-0.2, 0) is 13.5 Å². The molecule has 1 aliphatic heterocycles. The van der Waals surface area contributed by atoms with Crippen molar-refractivity contribution in [2.75, 3.05) is 32.7 Å². The summed E-state index contributed by atoms with van der Waals surface area (Å²) in [6.07, 6.45) is 3.32. The third-order valence-electron chi connectivity index (χ3n) is 4.88. The molecule has 1 fully saturated rings. The number of carbonyl (C=O) groups is 1. The Morgan fingerprint density at radius 3 is 2.64 bits per heavy atom. The van der Waals surface area contributed by atoms with E-state index in [0.717, 1.165) is 51.3 Å². The molecule has 134 valence electrons. The monoisotopic (exact) mass is 340 g/mol. The van der Waals surface area contributed by atoms with Gasteiger partial charge in [-0.1, -0.05) is 30.3 Å². The highest BCUT2D eigenvalue weighted by atomic mass is 16.2. The van der Waals surface area contributed by atoms with Crippen molar-refractivity contribution in [1.29, 1.82) is 0 Å². The summed E-state index contributed by atoms with van der Waals surface area (Å²) in [7, 11) is 1.84. The van der Waals surface area contributed by atoms with Gasteiger partial charge in [-0.2, -0.15) is 5.10 Å². The first kappa shape index (κ1) is 17.7. The number of aromatic nitrogens is 2. The quantitative estimate of drug-likeness (QED) is 0.840. The molecule has 0 spiro atoms. The normalized spacial score (nSPS) is 16.0. The fourth-order valence-electron chi connectivity index (χ4n) is 3.52. The van der Waals surface area contributed by atoms with Crippen LogP contribution in [0.5, 0.6) is 0 Å². The molecule has 0 saturated carbocycles. The summed E-state index contributed by atoms with van der Waals surface area (Å²) in [6, 6.07) is 12.5. The molecule has 5 heteroatoms. The number of aryl methyl sites for hydroxylation is 3. The van der Waals surface area contributed by atoms with E-state index in [9.17, 15) is 4.79 Å². The molecule has 0 atom stereocenters. The number of hydrogen-bond donors (Lipinski definition) is 0. The van der Waals surface area contributed by atoms with Gasteiger partial charge in [0.05, 0.1) is 5.69 Å². The van der Waals surface area contributed by atoms with E-state index in [4.69, 9.17) is 0 Å². The Hall–Kier alpha value is -2.14. The first-order valence-electron chi connectivity index (χ1n) is 9.19. The van der Waals surface area contributed by atoms with Crippen LogP contribution in [0.15, 0.2) is 36.4 Å². The van der Waals surface area contributed by atoms with Gasteiger partial charge < -0.3 is 9.80 Å². The van der Waals surface area contributed by atoms with Crippen LogP contribution in [-0.4, -0.2) is 58.2 Å². The van der Waals surface area contributed by atoms with Crippen LogP contribution in [0.2, 0.25) is 0 Å². The van der Waals surface area contributed by atoms with E-state index < -0.39 is 0 Å². The topological polar surface area (TPSA) is 41.4 Å². The maximum atomic E-state index is 12.7. The lowest BCUT2D eigenvalue weighted by molar-refractivity contribution is 0.0750. The summed E-state index contributed by atoms with van der Waals surface area (Å²) in [4.78, 5) is 17.2. The highest BCUT2D eigenvalue weighted by Gasteiger charge is 2.22. The zero-order valence-corrected chi connectivity index (χ0v) is 15.3. The molecule has 2 aromatic rings. The molecule has 1 amide bonds. The molecule has 25 heavy (non-hydrogen) atoms. The van der Waals surface area contributed by atoms with E-state index in [-0.39, 0.29) is 5.91 Å². The Morgan fingerprint density at radius 2 is 1.92 bits per heavy atom. The second-order valence-corrected chi connectivity index (χ2v) is 6.87. The van der Waals surface area contributed by atoms with E-state index in [0.29, 0.717) is 5.69 Å². The van der Waals surface area contributed by atoms with Gasteiger partial charge in [0, 0.05) is 26.7 Å². The van der Waals surface area contributed by atoms with Crippen molar-refractivity contribution in [1.82, 2.24) is 19.6 Å². The highest BCUT2D eigenvalue weighted by molar-refractivity contribution is 5.92. The van der Waals surface area contributed by atoms with Crippen molar-refractivity contribution >= 4 is 5.91 Å². The van der Waals surface area contributed by atoms with Gasteiger partial charge in [-0.05, 0) is 50.9 Å². The van der Waals surface area contributed by atoms with Crippen molar-refractivity contribution in [3.63, 3.8) is 0 Å². The third kappa shape index (κ3) is 4.69. The predicted molar refractivity (Wildman–Crippen MR) is 99.7 cm³/mol. The van der Waals surface area contributed by atoms with Crippen molar-refractivity contribution in [2.45, 2.75) is 26.2 Å². The van der Waals surface area contributed by atoms with Crippen LogP contribution >= 0.6 is 0 Å². The first-order chi connectivity index (χ1) is 12.1. The van der Waals surface area contributed by atoms with Gasteiger partial charge in [0.2, 0.25) is 0 Å². The van der Waals surface area contributed by atoms with Gasteiger partial charge in [-0.3, -0.25) is 9.48 Å². The third-order valence-corrected chi connectivity index (χ3v) is 4.88. The SMILES string of the molecule is Cc1cc(C(=O)N2CCCN(CCCc3ccccc3)CC2)n(C)n1. The number of amides is 1. The standard InChI is InChI=1S/C20H28N4O/c1-17-16-19(22(2)21-17)20(25)24-13-7-12-23(14-15-24)11-6-10-18-8-4-3-5-9-18/h3-5,8-9,16H,6-7,10-15H2,1-2H3. The van der Waals surface area contributed by atoms with Crippen molar-refractivity contribution in [3.05, 3.63) is 53.3 Å². The molecule has 0 unspecified atom stereocenters. The van der Waals surface area contributed by atoms with Gasteiger partial charge >= 0.3 is 0 Å². The fourth-order valence-corrected chi connectivity index (χ4v) is 3.52. The van der Waals surface area contributed by atoms with E-state index >= 15 is 0 Å². The largest absolute Gasteiger partial charge is 0.336 e. The Balaban J connectivity index is 1.48. The molecule has 0 bridgehead atoms. The van der Waals surface area contributed by atoms with Gasteiger partial charge in [0.15, 0.2) is 0 Å². The second kappa shape index (κ2) is 8.30. The molecule has 1 saturated heterocycles. The van der Waals surface area contributed by atoms with Crippen molar-refractivity contribution in [2.24, 2.45) is 7.05 Å². The number of rotatable bonds is 5. The molecule has 2 heterocycles. The van der Waals surface area contributed by atoms with Crippen LogP contribution in [0.3, 0.4) is 0 Å². The Labute approximate surface area is 150 Å². The molecule has 0 N–H and O–H groups in total. The lowest BCUT2D eigenvalue weighted by atomic mass is 10.1. The molecular weight excluding hydrogens is 312 g/mol. The highest BCUT2D eigenvalue weighted by Crippen LogP contribution is 2.11. The molecular formula is C20H28N4O. The van der Waals surface area contributed by atoms with Crippen LogP contribution in [0.4, 0.5) is 0 Å². The number of hydrogen-bond acceptors (Lipinski definition) is 3. The number of benzene rings is 1. The molecule has 0 radical (unpaired) electrons. The van der Waals surface area contributed by atoms with E-state index in [1.165, 1.54) is 12.0 Å². The molecule has 1 aromatic heterocycles. The minimum absolute atomic E-state index is 0.106. The Bertz CT molecular complexity index is 695. The van der Waals surface area contributed by atoms with Gasteiger partial charge in [0.1, 0.15) is 5.69 Å². The van der Waals surface area contributed by atoms with Gasteiger partial charge in [-0.25, -0.2) is 0 Å². The second-order valence-electron chi connectivity index (χ2n) is 6.87. The summed E-state index contributed by atoms with van der Waals surface area (Å²) >= 11 is 0. The summed E-state index contributed by atoms with van der Waals surface area (Å²) in [5, 5.41) is 4.29. The number of nitrogens with zero attached hydrogens (tertiary/aromatic N) is 4. The molecule has 1 aromatic carbocycles. The summed E-state index contributed by atoms with van der Waals surface area (Å²) in [5.41, 5.74) is 2.99. The summed E-state index contributed by atoms with van der Waals surface area (Å²) in [6.45, 7) is 6.68. The number of carbonyl (C=O) groups excluding carboxylic acids is 1. The zero-order valence-electron chi connectivity index (χ0n) is 15.3. The summed E-state index contributed by atoms with van der Waals surface area (Å²) < 4.78 is 1.69. The zero-order chi connectivity index (χ0) is 17.6. The van der Waals surface area contributed by atoms with Crippen LogP contribution < -0.4 is 0 Å². The van der Waals surface area contributed by atoms with E-state index in [1.807, 2.05) is 24.9 Å². The Kier molecular flexibility index (Phi) is 5.87. The van der Waals surface area contributed by atoms with E-state index in [1.54, 1.807) is 4.68 Å². The minimum atomic E-state index is 0.106. The fraction of sp³-hybridized carbons (Fsp3) is 0.500. The van der Waals surface area contributed by atoms with Crippen LogP contribution in [0.1, 0.15) is 34.6 Å². The Morgan fingerprint density at radius 1 is 1.12 bits per heavy atom. The molecule has 3 rings (SSSR count). The lowest BCUT2D eigenvalue weighted by Crippen LogP contribution is -2.36. The predicted octanol–water partition coefficient (Wildman–Crippen LogP) is 2.51. The van der Waals surface area contributed by atoms with Crippen molar-refractivity contribution in [3.8, 4) is 0 Å². The first-order valence-corrected chi connectivity index (χ1v) is 9.19. The molecule has 1 aliphatic rings. The van der Waals surface area contributed by atoms with E-state index in [2.05, 4.69) is 40.3 Å². The smallest absolute Gasteiger partial charge is 0.272 e. The minimum Gasteiger partial charge on any atom is -0.336 e. The maximum absolute atomic E-state index is 12.7. The average molecular weight is 340 g/mol. The maximum Gasteiger partial charge on any atom is 0.272 e. The van der Waals surface area contributed by atoms with Crippen molar-refractivity contribution < 1.29 is 4.79 Å². The lowest BCUT2D eigenvalue weighted by Gasteiger charge is -2.22. The molecule has 5 nitrogen and oxygen atoms in total. The molecule has 0 aliphatic carbocycles. The van der Waals surface area contributed by atoms with Crippen LogP contribution in [0, 0.1) is 6.92 Å². The van der Waals surface area contributed by atoms with Gasteiger partial charge in [-0.15, -0.1) is 0 Å². The van der Waals surface area contributed by atoms with Gasteiger partial charge in [0.25, 0.3) is 5.91 Å². The average Bonchev–Trinajstić information content (AvgIpc) is 2.81. The summed E-state index contributed by atoms with van der Waals surface area (Å²) in [5.74, 6) is 0.106. The van der Waals surface area contributed by atoms with Crippen LogP contribution in [0.25, 0.3) is 0 Å².